The van der Waals surface area contributed by atoms with Crippen LogP contribution in [0.2, 0.25) is 0 Å². The Balaban J connectivity index is 1.95. The molecule has 2 rings (SSSR count). The molecule has 1 aromatic heterocycles. The van der Waals surface area contributed by atoms with Gasteiger partial charge in [-0.25, -0.2) is 4.98 Å². The van der Waals surface area contributed by atoms with Crippen LogP contribution in [-0.2, 0) is 0 Å². The summed E-state index contributed by atoms with van der Waals surface area (Å²) < 4.78 is 5.60. The Morgan fingerprint density at radius 1 is 1.35 bits per heavy atom. The Kier molecular flexibility index (Phi) is 3.60. The van der Waals surface area contributed by atoms with Gasteiger partial charge in [0.2, 0.25) is 5.88 Å². The van der Waals surface area contributed by atoms with Gasteiger partial charge in [-0.05, 0) is 18.9 Å². The molecule has 0 atom stereocenters. The highest BCUT2D eigenvalue weighted by atomic mass is 16.5. The Labute approximate surface area is 101 Å². The maximum absolute atomic E-state index is 8.74. The Bertz CT molecular complexity index is 419. The summed E-state index contributed by atoms with van der Waals surface area (Å²) in [6.45, 7) is 0.481. The average molecular weight is 231 g/mol. The normalized spacial score (nSPS) is 18.4. The van der Waals surface area contributed by atoms with Gasteiger partial charge in [0, 0.05) is 6.07 Å². The maximum Gasteiger partial charge on any atom is 0.214 e. The van der Waals surface area contributed by atoms with E-state index in [0.717, 1.165) is 12.8 Å². The third-order valence-electron chi connectivity index (χ3n) is 3.19. The van der Waals surface area contributed by atoms with Gasteiger partial charge in [-0.3, -0.25) is 0 Å². The molecule has 4 heteroatoms. The van der Waals surface area contributed by atoms with E-state index in [0.29, 0.717) is 18.2 Å². The number of rotatable bonds is 3. The molecule has 4 nitrogen and oxygen atoms in total. The molecular weight excluding hydrogens is 214 g/mol. The van der Waals surface area contributed by atoms with Crippen molar-refractivity contribution in [3.05, 3.63) is 23.9 Å². The number of nitriles is 1. The number of ether oxygens (including phenoxy) is 1. The molecule has 1 aromatic rings. The third kappa shape index (κ3) is 3.18. The van der Waals surface area contributed by atoms with Crippen LogP contribution in [0.5, 0.6) is 5.88 Å². The lowest BCUT2D eigenvalue weighted by Crippen LogP contribution is -2.47. The lowest BCUT2D eigenvalue weighted by atomic mass is 9.83. The molecule has 1 heterocycles. The summed E-state index contributed by atoms with van der Waals surface area (Å²) in [5.74, 6) is 0.486. The SMILES string of the molecule is N#Cc1cccc(OCC2(N)CCCCC2)n1. The first-order chi connectivity index (χ1) is 8.22. The number of pyridine rings is 1. The first-order valence-corrected chi connectivity index (χ1v) is 6.01. The van der Waals surface area contributed by atoms with E-state index in [1.165, 1.54) is 19.3 Å². The monoisotopic (exact) mass is 231 g/mol. The van der Waals surface area contributed by atoms with Crippen molar-refractivity contribution in [3.8, 4) is 11.9 Å². The summed E-state index contributed by atoms with van der Waals surface area (Å²) in [5.41, 5.74) is 6.41. The van der Waals surface area contributed by atoms with Crippen molar-refractivity contribution in [2.24, 2.45) is 5.73 Å². The Morgan fingerprint density at radius 2 is 2.12 bits per heavy atom. The van der Waals surface area contributed by atoms with Crippen LogP contribution in [0.1, 0.15) is 37.8 Å². The fourth-order valence-corrected chi connectivity index (χ4v) is 2.18. The minimum Gasteiger partial charge on any atom is -0.476 e. The number of hydrogen-bond acceptors (Lipinski definition) is 4. The predicted octanol–water partition coefficient (Wildman–Crippen LogP) is 1.99. The molecular formula is C13H17N3O. The summed E-state index contributed by atoms with van der Waals surface area (Å²) >= 11 is 0. The van der Waals surface area contributed by atoms with Crippen molar-refractivity contribution in [1.82, 2.24) is 4.98 Å². The van der Waals surface area contributed by atoms with Crippen LogP contribution in [-0.4, -0.2) is 17.1 Å². The molecule has 0 amide bonds. The van der Waals surface area contributed by atoms with Crippen LogP contribution in [0.4, 0.5) is 0 Å². The van der Waals surface area contributed by atoms with Crippen LogP contribution < -0.4 is 10.5 Å². The van der Waals surface area contributed by atoms with Gasteiger partial charge in [0.25, 0.3) is 0 Å². The van der Waals surface area contributed by atoms with Crippen LogP contribution in [0, 0.1) is 11.3 Å². The van der Waals surface area contributed by atoms with Gasteiger partial charge in [-0.2, -0.15) is 5.26 Å². The van der Waals surface area contributed by atoms with E-state index in [-0.39, 0.29) is 5.54 Å². The van der Waals surface area contributed by atoms with E-state index in [4.69, 9.17) is 15.7 Å². The number of nitrogens with two attached hydrogens (primary N) is 1. The molecule has 1 saturated carbocycles. The summed E-state index contributed by atoms with van der Waals surface area (Å²) in [5, 5.41) is 8.74. The van der Waals surface area contributed by atoms with Gasteiger partial charge >= 0.3 is 0 Å². The number of nitrogens with zero attached hydrogens (tertiary/aromatic N) is 2. The van der Waals surface area contributed by atoms with E-state index in [9.17, 15) is 0 Å². The van der Waals surface area contributed by atoms with E-state index < -0.39 is 0 Å². The zero-order valence-corrected chi connectivity index (χ0v) is 9.85. The number of aromatic nitrogens is 1. The highest BCUT2D eigenvalue weighted by Crippen LogP contribution is 2.26. The minimum atomic E-state index is -0.220. The molecule has 1 aliphatic rings. The predicted molar refractivity (Wildman–Crippen MR) is 64.5 cm³/mol. The van der Waals surface area contributed by atoms with E-state index in [2.05, 4.69) is 4.98 Å². The van der Waals surface area contributed by atoms with Gasteiger partial charge in [0.1, 0.15) is 18.4 Å². The highest BCUT2D eigenvalue weighted by molar-refractivity contribution is 5.24. The summed E-state index contributed by atoms with van der Waals surface area (Å²) in [4.78, 5) is 4.07. The fourth-order valence-electron chi connectivity index (χ4n) is 2.18. The quantitative estimate of drug-likeness (QED) is 0.863. The summed E-state index contributed by atoms with van der Waals surface area (Å²) in [6, 6.07) is 7.18. The van der Waals surface area contributed by atoms with Crippen molar-refractivity contribution in [2.45, 2.75) is 37.6 Å². The van der Waals surface area contributed by atoms with E-state index >= 15 is 0 Å². The van der Waals surface area contributed by atoms with Crippen molar-refractivity contribution in [3.63, 3.8) is 0 Å². The molecule has 90 valence electrons. The van der Waals surface area contributed by atoms with Crippen molar-refractivity contribution in [2.75, 3.05) is 6.61 Å². The largest absolute Gasteiger partial charge is 0.476 e. The second kappa shape index (κ2) is 5.15. The molecule has 1 aliphatic carbocycles. The second-order valence-electron chi connectivity index (χ2n) is 4.68. The smallest absolute Gasteiger partial charge is 0.214 e. The van der Waals surface area contributed by atoms with Gasteiger partial charge in [-0.1, -0.05) is 25.3 Å². The van der Waals surface area contributed by atoms with Crippen molar-refractivity contribution < 1.29 is 4.74 Å². The van der Waals surface area contributed by atoms with Gasteiger partial charge in [-0.15, -0.1) is 0 Å². The first kappa shape index (κ1) is 11.9. The topological polar surface area (TPSA) is 71.9 Å². The third-order valence-corrected chi connectivity index (χ3v) is 3.19. The van der Waals surface area contributed by atoms with Crippen LogP contribution in [0.3, 0.4) is 0 Å². The van der Waals surface area contributed by atoms with Gasteiger partial charge in [0.05, 0.1) is 5.54 Å². The zero-order chi connectivity index (χ0) is 12.1. The zero-order valence-electron chi connectivity index (χ0n) is 9.85. The maximum atomic E-state index is 8.74. The first-order valence-electron chi connectivity index (χ1n) is 6.01. The van der Waals surface area contributed by atoms with Crippen molar-refractivity contribution >= 4 is 0 Å². The van der Waals surface area contributed by atoms with Gasteiger partial charge in [0.15, 0.2) is 0 Å². The standard InChI is InChI=1S/C13H17N3O/c14-9-11-5-4-6-12(16-11)17-10-13(15)7-2-1-3-8-13/h4-6H,1-3,7-8,10,15H2. The lowest BCUT2D eigenvalue weighted by molar-refractivity contribution is 0.169. The molecule has 1 fully saturated rings. The highest BCUT2D eigenvalue weighted by Gasteiger charge is 2.28. The van der Waals surface area contributed by atoms with E-state index in [1.807, 2.05) is 6.07 Å². The molecule has 0 bridgehead atoms. The molecule has 0 aromatic carbocycles. The molecule has 0 radical (unpaired) electrons. The lowest BCUT2D eigenvalue weighted by Gasteiger charge is -2.32. The van der Waals surface area contributed by atoms with Crippen LogP contribution in [0.25, 0.3) is 0 Å². The number of hydrogen-bond donors (Lipinski definition) is 1. The van der Waals surface area contributed by atoms with Crippen molar-refractivity contribution in [1.29, 1.82) is 5.26 Å². The van der Waals surface area contributed by atoms with Gasteiger partial charge < -0.3 is 10.5 Å². The molecule has 17 heavy (non-hydrogen) atoms. The molecule has 0 saturated heterocycles. The molecule has 2 N–H and O–H groups in total. The molecule has 0 unspecified atom stereocenters. The molecule has 0 aliphatic heterocycles. The molecule has 0 spiro atoms. The Morgan fingerprint density at radius 3 is 2.82 bits per heavy atom. The van der Waals surface area contributed by atoms with Crippen LogP contribution in [0.15, 0.2) is 18.2 Å². The summed E-state index contributed by atoms with van der Waals surface area (Å²) in [6.07, 6.45) is 5.62. The van der Waals surface area contributed by atoms with E-state index in [1.54, 1.807) is 18.2 Å². The second-order valence-corrected chi connectivity index (χ2v) is 4.68. The van der Waals surface area contributed by atoms with Crippen LogP contribution >= 0.6 is 0 Å². The fraction of sp³-hybridized carbons (Fsp3) is 0.538. The average Bonchev–Trinajstić information content (AvgIpc) is 2.38. The minimum absolute atomic E-state index is 0.220. The summed E-state index contributed by atoms with van der Waals surface area (Å²) in [7, 11) is 0. The Hall–Kier alpha value is -1.60.